The molecule has 1 saturated heterocycles. The van der Waals surface area contributed by atoms with Crippen molar-refractivity contribution in [1.29, 1.82) is 0 Å². The van der Waals surface area contributed by atoms with E-state index in [1.165, 1.54) is 5.69 Å². The molecule has 5 nitrogen and oxygen atoms in total. The van der Waals surface area contributed by atoms with Gasteiger partial charge in [-0.05, 0) is 22.4 Å². The summed E-state index contributed by atoms with van der Waals surface area (Å²) in [6.07, 6.45) is 0. The van der Waals surface area contributed by atoms with Crippen molar-refractivity contribution in [3.05, 3.63) is 72.8 Å². The van der Waals surface area contributed by atoms with E-state index in [-0.39, 0.29) is 4.90 Å². The SMILES string of the molecule is NS(=O)(=O)c1c(-c2ccc(N3CCNCC3)c3ccccc23)ccc2ccccc12. The molecule has 30 heavy (non-hydrogen) atoms. The molecule has 0 spiro atoms. The van der Waals surface area contributed by atoms with E-state index in [9.17, 15) is 8.42 Å². The molecule has 0 bridgehead atoms. The van der Waals surface area contributed by atoms with E-state index in [1.807, 2.05) is 54.6 Å². The van der Waals surface area contributed by atoms with E-state index in [2.05, 4.69) is 28.4 Å². The molecule has 5 rings (SSSR count). The predicted molar refractivity (Wildman–Crippen MR) is 123 cm³/mol. The van der Waals surface area contributed by atoms with Crippen molar-refractivity contribution in [3.63, 3.8) is 0 Å². The van der Waals surface area contributed by atoms with Crippen LogP contribution in [0, 0.1) is 0 Å². The van der Waals surface area contributed by atoms with E-state index in [4.69, 9.17) is 5.14 Å². The number of hydrogen-bond donors (Lipinski definition) is 2. The first-order valence-corrected chi connectivity index (χ1v) is 11.6. The second-order valence-corrected chi connectivity index (χ2v) is 9.12. The maximum Gasteiger partial charge on any atom is 0.239 e. The van der Waals surface area contributed by atoms with Crippen LogP contribution >= 0.6 is 0 Å². The van der Waals surface area contributed by atoms with Crippen LogP contribution in [0.2, 0.25) is 0 Å². The quantitative estimate of drug-likeness (QED) is 0.533. The summed E-state index contributed by atoms with van der Waals surface area (Å²) in [5.41, 5.74) is 2.69. The van der Waals surface area contributed by atoms with Crippen LogP contribution in [0.25, 0.3) is 32.7 Å². The molecule has 1 fully saturated rings. The molecule has 152 valence electrons. The molecule has 0 aliphatic carbocycles. The van der Waals surface area contributed by atoms with E-state index >= 15 is 0 Å². The van der Waals surface area contributed by atoms with Crippen LogP contribution in [0.15, 0.2) is 77.7 Å². The lowest BCUT2D eigenvalue weighted by atomic mass is 9.94. The fraction of sp³-hybridized carbons (Fsp3) is 0.167. The average Bonchev–Trinajstić information content (AvgIpc) is 2.77. The highest BCUT2D eigenvalue weighted by atomic mass is 32.2. The minimum Gasteiger partial charge on any atom is -0.368 e. The van der Waals surface area contributed by atoms with Crippen molar-refractivity contribution in [2.24, 2.45) is 5.14 Å². The van der Waals surface area contributed by atoms with E-state index in [0.29, 0.717) is 10.9 Å². The Balaban J connectivity index is 1.80. The van der Waals surface area contributed by atoms with Gasteiger partial charge in [0, 0.05) is 48.2 Å². The minimum atomic E-state index is -3.93. The monoisotopic (exact) mass is 417 g/mol. The largest absolute Gasteiger partial charge is 0.368 e. The zero-order valence-electron chi connectivity index (χ0n) is 16.5. The number of primary sulfonamides is 1. The Bertz CT molecular complexity index is 1360. The minimum absolute atomic E-state index is 0.181. The highest BCUT2D eigenvalue weighted by Gasteiger charge is 2.22. The van der Waals surface area contributed by atoms with Gasteiger partial charge in [-0.1, -0.05) is 66.7 Å². The molecule has 1 heterocycles. The molecular formula is C24H23N3O2S. The number of nitrogens with one attached hydrogen (secondary N) is 1. The second-order valence-electron chi connectivity index (χ2n) is 7.62. The third-order valence-electron chi connectivity index (χ3n) is 5.81. The molecule has 6 heteroatoms. The maximum absolute atomic E-state index is 12.7. The number of rotatable bonds is 3. The van der Waals surface area contributed by atoms with Crippen molar-refractivity contribution in [2.75, 3.05) is 31.1 Å². The number of anilines is 1. The van der Waals surface area contributed by atoms with E-state index < -0.39 is 10.0 Å². The van der Waals surface area contributed by atoms with Crippen molar-refractivity contribution in [2.45, 2.75) is 4.90 Å². The summed E-state index contributed by atoms with van der Waals surface area (Å²) in [5, 5.41) is 12.7. The van der Waals surface area contributed by atoms with Crippen LogP contribution in [-0.2, 0) is 10.0 Å². The van der Waals surface area contributed by atoms with E-state index in [0.717, 1.165) is 47.9 Å². The predicted octanol–water partition coefficient (Wildman–Crippen LogP) is 3.72. The van der Waals surface area contributed by atoms with Crippen LogP contribution < -0.4 is 15.4 Å². The zero-order valence-corrected chi connectivity index (χ0v) is 17.3. The lowest BCUT2D eigenvalue weighted by molar-refractivity contribution is 0.590. The maximum atomic E-state index is 12.7. The normalized spacial score (nSPS) is 15.0. The molecule has 0 radical (unpaired) electrons. The van der Waals surface area contributed by atoms with Crippen LogP contribution in [0.4, 0.5) is 5.69 Å². The topological polar surface area (TPSA) is 75.4 Å². The fourth-order valence-electron chi connectivity index (χ4n) is 4.46. The van der Waals surface area contributed by atoms with Crippen molar-refractivity contribution < 1.29 is 8.42 Å². The lowest BCUT2D eigenvalue weighted by Gasteiger charge is -2.31. The Morgan fingerprint density at radius 3 is 2.10 bits per heavy atom. The lowest BCUT2D eigenvalue weighted by Crippen LogP contribution is -2.43. The van der Waals surface area contributed by atoms with Crippen LogP contribution in [0.3, 0.4) is 0 Å². The molecule has 0 aromatic heterocycles. The first-order valence-electron chi connectivity index (χ1n) is 10.1. The van der Waals surface area contributed by atoms with Gasteiger partial charge in [0.15, 0.2) is 0 Å². The molecule has 4 aromatic rings. The van der Waals surface area contributed by atoms with Gasteiger partial charge in [-0.3, -0.25) is 0 Å². The standard InChI is InChI=1S/C24H23N3O2S/c25-30(28,29)24-18-6-2-1-5-17(18)9-10-22(24)20-11-12-23(27-15-13-26-14-16-27)21-8-4-3-7-19(20)21/h1-12,26H,13-16H2,(H2,25,28,29). The first kappa shape index (κ1) is 19.1. The summed E-state index contributed by atoms with van der Waals surface area (Å²) in [7, 11) is -3.93. The third-order valence-corrected chi connectivity index (χ3v) is 6.82. The highest BCUT2D eigenvalue weighted by Crippen LogP contribution is 2.39. The van der Waals surface area contributed by atoms with Gasteiger partial charge < -0.3 is 10.2 Å². The zero-order chi connectivity index (χ0) is 20.7. The Morgan fingerprint density at radius 1 is 0.733 bits per heavy atom. The average molecular weight is 418 g/mol. The number of nitrogens with two attached hydrogens (primary N) is 1. The summed E-state index contributed by atoms with van der Waals surface area (Å²) < 4.78 is 25.3. The Hall–Kier alpha value is -2.93. The Kier molecular flexibility index (Phi) is 4.70. The number of piperazine rings is 1. The molecule has 0 saturated carbocycles. The summed E-state index contributed by atoms with van der Waals surface area (Å²) in [6.45, 7) is 3.80. The second kappa shape index (κ2) is 7.40. The molecule has 0 amide bonds. The number of nitrogens with zero attached hydrogens (tertiary/aromatic N) is 1. The molecule has 1 aliphatic rings. The number of fused-ring (bicyclic) bond motifs is 2. The van der Waals surface area contributed by atoms with Gasteiger partial charge >= 0.3 is 0 Å². The van der Waals surface area contributed by atoms with Crippen LogP contribution in [0.5, 0.6) is 0 Å². The Labute approximate surface area is 176 Å². The summed E-state index contributed by atoms with van der Waals surface area (Å²) in [4.78, 5) is 2.56. The van der Waals surface area contributed by atoms with Crippen molar-refractivity contribution in [1.82, 2.24) is 5.32 Å². The molecule has 0 unspecified atom stereocenters. The smallest absolute Gasteiger partial charge is 0.239 e. The number of sulfonamides is 1. The van der Waals surface area contributed by atoms with Gasteiger partial charge in [0.2, 0.25) is 10.0 Å². The van der Waals surface area contributed by atoms with Crippen LogP contribution in [-0.4, -0.2) is 34.6 Å². The molecule has 1 aliphatic heterocycles. The molecule has 3 N–H and O–H groups in total. The fourth-order valence-corrected chi connectivity index (χ4v) is 5.44. The Morgan fingerprint density at radius 2 is 1.37 bits per heavy atom. The molecule has 4 aromatic carbocycles. The van der Waals surface area contributed by atoms with E-state index in [1.54, 1.807) is 0 Å². The van der Waals surface area contributed by atoms with Crippen molar-refractivity contribution in [3.8, 4) is 11.1 Å². The highest BCUT2D eigenvalue weighted by molar-refractivity contribution is 7.89. The number of hydrogen-bond acceptors (Lipinski definition) is 4. The van der Waals surface area contributed by atoms with Gasteiger partial charge in [0.05, 0.1) is 4.90 Å². The molecular weight excluding hydrogens is 394 g/mol. The molecule has 0 atom stereocenters. The van der Waals surface area contributed by atoms with Crippen molar-refractivity contribution >= 4 is 37.3 Å². The van der Waals surface area contributed by atoms with Gasteiger partial charge in [-0.25, -0.2) is 13.6 Å². The van der Waals surface area contributed by atoms with Gasteiger partial charge in [0.1, 0.15) is 0 Å². The number of benzene rings is 4. The first-order chi connectivity index (χ1) is 14.5. The summed E-state index contributed by atoms with van der Waals surface area (Å²) in [6, 6.07) is 23.6. The van der Waals surface area contributed by atoms with Gasteiger partial charge in [0.25, 0.3) is 0 Å². The summed E-state index contributed by atoms with van der Waals surface area (Å²) in [5.74, 6) is 0. The van der Waals surface area contributed by atoms with Crippen LogP contribution in [0.1, 0.15) is 0 Å². The summed E-state index contributed by atoms with van der Waals surface area (Å²) >= 11 is 0. The third kappa shape index (κ3) is 3.23. The van der Waals surface area contributed by atoms with Gasteiger partial charge in [-0.2, -0.15) is 0 Å². The van der Waals surface area contributed by atoms with Gasteiger partial charge in [-0.15, -0.1) is 0 Å².